The average Bonchev–Trinajstić information content (AvgIpc) is 3.03. The van der Waals surface area contributed by atoms with E-state index in [0.29, 0.717) is 13.1 Å². The lowest BCUT2D eigenvalue weighted by Gasteiger charge is -2.21. The minimum absolute atomic E-state index is 0.170. The molecule has 7 nitrogen and oxygen atoms in total. The molecule has 0 aliphatic rings. The zero-order valence-corrected chi connectivity index (χ0v) is 16.5. The molecule has 0 bridgehead atoms. The van der Waals surface area contributed by atoms with Gasteiger partial charge < -0.3 is 4.90 Å². The van der Waals surface area contributed by atoms with Crippen molar-refractivity contribution < 1.29 is 4.79 Å². The van der Waals surface area contributed by atoms with Gasteiger partial charge in [-0.2, -0.15) is 5.26 Å². The molecule has 2 aromatic rings. The average molecular weight is 437 g/mol. The molecule has 0 unspecified atom stereocenters. The molecule has 0 N–H and O–H groups in total. The lowest BCUT2D eigenvalue weighted by atomic mass is 10.3. The topological polar surface area (TPSA) is 88.1 Å². The van der Waals surface area contributed by atoms with Gasteiger partial charge in [0.25, 0.3) is 5.56 Å². The van der Waals surface area contributed by atoms with Crippen molar-refractivity contribution in [1.82, 2.24) is 14.0 Å². The Bertz CT molecular complexity index is 983. The van der Waals surface area contributed by atoms with Gasteiger partial charge in [0.1, 0.15) is 18.2 Å². The first-order valence-electron chi connectivity index (χ1n) is 7.78. The molecule has 2 heterocycles. The zero-order chi connectivity index (χ0) is 19.3. The van der Waals surface area contributed by atoms with Crippen molar-refractivity contribution in [3.63, 3.8) is 0 Å². The highest BCUT2D eigenvalue weighted by Crippen LogP contribution is 2.23. The molecule has 0 atom stereocenters. The summed E-state index contributed by atoms with van der Waals surface area (Å²) in [6.07, 6.45) is 2.80. The van der Waals surface area contributed by atoms with E-state index in [9.17, 15) is 14.4 Å². The van der Waals surface area contributed by atoms with Crippen LogP contribution in [-0.2, 0) is 24.4 Å². The number of nitrogens with zero attached hydrogens (tertiary/aromatic N) is 4. The highest BCUT2D eigenvalue weighted by molar-refractivity contribution is 9.11. The molecule has 0 aromatic carbocycles. The number of aromatic nitrogens is 2. The molecular weight excluding hydrogens is 420 g/mol. The van der Waals surface area contributed by atoms with Crippen LogP contribution >= 0.6 is 27.3 Å². The van der Waals surface area contributed by atoms with Gasteiger partial charge in [0.2, 0.25) is 5.91 Å². The highest BCUT2D eigenvalue weighted by atomic mass is 79.9. The van der Waals surface area contributed by atoms with Crippen LogP contribution in [0.3, 0.4) is 0 Å². The van der Waals surface area contributed by atoms with E-state index in [2.05, 4.69) is 22.5 Å². The Hall–Kier alpha value is -2.44. The lowest BCUT2D eigenvalue weighted by molar-refractivity contribution is -0.132. The maximum absolute atomic E-state index is 12.7. The summed E-state index contributed by atoms with van der Waals surface area (Å²) in [4.78, 5) is 39.8. The van der Waals surface area contributed by atoms with Crippen molar-refractivity contribution in [3.8, 4) is 6.07 Å². The second kappa shape index (κ2) is 8.78. The Morgan fingerprint density at radius 3 is 2.73 bits per heavy atom. The van der Waals surface area contributed by atoms with Gasteiger partial charge in [0.15, 0.2) is 0 Å². The number of hydrogen-bond donors (Lipinski definition) is 0. The van der Waals surface area contributed by atoms with Crippen LogP contribution < -0.4 is 11.2 Å². The number of aryl methyl sites for hydroxylation is 1. The van der Waals surface area contributed by atoms with Crippen LogP contribution in [0.4, 0.5) is 0 Å². The molecular formula is C17H17BrN4O3S. The molecule has 0 aliphatic heterocycles. The molecule has 0 saturated carbocycles. The van der Waals surface area contributed by atoms with Gasteiger partial charge in [-0.05, 0) is 35.0 Å². The Morgan fingerprint density at radius 2 is 2.19 bits per heavy atom. The number of thiophene rings is 1. The molecule has 2 aromatic heterocycles. The largest absolute Gasteiger partial charge is 0.332 e. The van der Waals surface area contributed by atoms with Gasteiger partial charge >= 0.3 is 5.69 Å². The smallest absolute Gasteiger partial charge is 0.331 e. The van der Waals surface area contributed by atoms with E-state index in [4.69, 9.17) is 5.26 Å². The van der Waals surface area contributed by atoms with E-state index in [1.54, 1.807) is 19.1 Å². The second-order valence-electron chi connectivity index (χ2n) is 5.38. The third-order valence-electron chi connectivity index (χ3n) is 3.67. The fourth-order valence-electron chi connectivity index (χ4n) is 2.37. The summed E-state index contributed by atoms with van der Waals surface area (Å²) < 4.78 is 2.99. The first kappa shape index (κ1) is 19.9. The van der Waals surface area contributed by atoms with E-state index < -0.39 is 23.7 Å². The van der Waals surface area contributed by atoms with Gasteiger partial charge in [-0.25, -0.2) is 9.36 Å². The predicted octanol–water partition coefficient (Wildman–Crippen LogP) is 1.94. The van der Waals surface area contributed by atoms with Gasteiger partial charge in [-0.3, -0.25) is 14.2 Å². The van der Waals surface area contributed by atoms with Crippen molar-refractivity contribution in [2.75, 3.05) is 6.54 Å². The maximum Gasteiger partial charge on any atom is 0.331 e. The van der Waals surface area contributed by atoms with Crippen LogP contribution in [-0.4, -0.2) is 26.5 Å². The van der Waals surface area contributed by atoms with Gasteiger partial charge in [0.05, 0.1) is 10.3 Å². The Morgan fingerprint density at radius 1 is 1.46 bits per heavy atom. The first-order chi connectivity index (χ1) is 12.4. The first-order valence-corrected chi connectivity index (χ1v) is 9.39. The molecule has 0 fully saturated rings. The molecule has 26 heavy (non-hydrogen) atoms. The number of carbonyl (C=O) groups is 1. The fraction of sp³-hybridized carbons (Fsp3) is 0.294. The standard InChI is InChI=1S/C17H17BrN4O3S/c1-3-7-21(10-13-5-6-14(18)26-13)15(23)11-22-16(24)12(8-19)9-20(4-2)17(22)25/h3,5-6,9H,1,4,7,10-11H2,2H3. The monoisotopic (exact) mass is 436 g/mol. The normalized spacial score (nSPS) is 10.3. The van der Waals surface area contributed by atoms with Crippen molar-refractivity contribution in [2.24, 2.45) is 0 Å². The molecule has 1 amide bonds. The molecule has 0 spiro atoms. The van der Waals surface area contributed by atoms with Gasteiger partial charge in [0, 0.05) is 24.2 Å². The van der Waals surface area contributed by atoms with E-state index in [1.165, 1.54) is 27.0 Å². The van der Waals surface area contributed by atoms with Crippen LogP contribution in [0, 0.1) is 11.3 Å². The van der Waals surface area contributed by atoms with Crippen molar-refractivity contribution in [1.29, 1.82) is 5.26 Å². The van der Waals surface area contributed by atoms with Crippen molar-refractivity contribution >= 4 is 33.2 Å². The van der Waals surface area contributed by atoms with Crippen molar-refractivity contribution in [3.05, 3.63) is 66.0 Å². The fourth-order valence-corrected chi connectivity index (χ4v) is 3.87. The van der Waals surface area contributed by atoms with Crippen LogP contribution in [0.1, 0.15) is 17.4 Å². The molecule has 0 saturated heterocycles. The van der Waals surface area contributed by atoms with Gasteiger partial charge in [-0.1, -0.05) is 6.08 Å². The number of amides is 1. The Kier molecular flexibility index (Phi) is 6.71. The number of carbonyl (C=O) groups excluding carboxylic acids is 1. The van der Waals surface area contributed by atoms with Crippen LogP contribution in [0.15, 0.2) is 44.4 Å². The van der Waals surface area contributed by atoms with Crippen LogP contribution in [0.5, 0.6) is 0 Å². The Labute approximate surface area is 162 Å². The molecule has 0 aliphatic carbocycles. The van der Waals surface area contributed by atoms with Crippen molar-refractivity contribution in [2.45, 2.75) is 26.6 Å². The summed E-state index contributed by atoms with van der Waals surface area (Å²) in [5.41, 5.74) is -1.54. The third kappa shape index (κ3) is 4.39. The summed E-state index contributed by atoms with van der Waals surface area (Å²) in [7, 11) is 0. The quantitative estimate of drug-likeness (QED) is 0.620. The van der Waals surface area contributed by atoms with Crippen LogP contribution in [0.2, 0.25) is 0 Å². The van der Waals surface area contributed by atoms with E-state index in [-0.39, 0.29) is 12.1 Å². The van der Waals surface area contributed by atoms with Gasteiger partial charge in [-0.15, -0.1) is 17.9 Å². The van der Waals surface area contributed by atoms with E-state index in [0.717, 1.165) is 13.2 Å². The predicted molar refractivity (Wildman–Crippen MR) is 103 cm³/mol. The number of hydrogen-bond acceptors (Lipinski definition) is 5. The SMILES string of the molecule is C=CCN(Cc1ccc(Br)s1)C(=O)Cn1c(=O)c(C#N)cn(CC)c1=O. The lowest BCUT2D eigenvalue weighted by Crippen LogP contribution is -2.45. The summed E-state index contributed by atoms with van der Waals surface area (Å²) in [5, 5.41) is 9.09. The summed E-state index contributed by atoms with van der Waals surface area (Å²) in [5.74, 6) is -0.397. The summed E-state index contributed by atoms with van der Waals surface area (Å²) in [6.45, 7) is 5.86. The maximum atomic E-state index is 12.7. The number of rotatable bonds is 7. The highest BCUT2D eigenvalue weighted by Gasteiger charge is 2.18. The number of halogens is 1. The minimum Gasteiger partial charge on any atom is -0.332 e. The summed E-state index contributed by atoms with van der Waals surface area (Å²) >= 11 is 4.87. The number of nitriles is 1. The molecule has 2 rings (SSSR count). The molecule has 0 radical (unpaired) electrons. The Balaban J connectivity index is 2.34. The second-order valence-corrected chi connectivity index (χ2v) is 7.93. The zero-order valence-electron chi connectivity index (χ0n) is 14.1. The van der Waals surface area contributed by atoms with E-state index in [1.807, 2.05) is 12.1 Å². The van der Waals surface area contributed by atoms with Crippen LogP contribution in [0.25, 0.3) is 0 Å². The minimum atomic E-state index is -0.757. The third-order valence-corrected chi connectivity index (χ3v) is 5.28. The van der Waals surface area contributed by atoms with E-state index >= 15 is 0 Å². The summed E-state index contributed by atoms with van der Waals surface area (Å²) in [6, 6.07) is 5.55. The molecule has 9 heteroatoms. The molecule has 136 valence electrons.